The van der Waals surface area contributed by atoms with Crippen molar-refractivity contribution < 1.29 is 13.9 Å². The van der Waals surface area contributed by atoms with Crippen molar-refractivity contribution in [3.63, 3.8) is 0 Å². The molecule has 0 atom stereocenters. The van der Waals surface area contributed by atoms with Crippen LogP contribution in [0.3, 0.4) is 0 Å². The molecule has 2 aromatic carbocycles. The molecule has 0 bridgehead atoms. The van der Waals surface area contributed by atoms with Gasteiger partial charge in [-0.05, 0) is 60.7 Å². The number of benzene rings is 2. The summed E-state index contributed by atoms with van der Waals surface area (Å²) in [6.07, 6.45) is 3.63. The highest BCUT2D eigenvalue weighted by molar-refractivity contribution is 6.35. The zero-order chi connectivity index (χ0) is 20.0. The fraction of sp³-hybridized carbons (Fsp3) is 0.0435. The minimum Gasteiger partial charge on any atom is -0.497 e. The smallest absolute Gasteiger partial charge is 0.256 e. The van der Waals surface area contributed by atoms with Gasteiger partial charge >= 0.3 is 0 Å². The Morgan fingerprint density at radius 2 is 1.93 bits per heavy atom. The molecule has 0 radical (unpaired) electrons. The fourth-order valence-electron chi connectivity index (χ4n) is 3.55. The van der Waals surface area contributed by atoms with Gasteiger partial charge < -0.3 is 10.1 Å². The molecule has 2 aromatic heterocycles. The van der Waals surface area contributed by atoms with E-state index < -0.39 is 0 Å². The predicted molar refractivity (Wildman–Crippen MR) is 110 cm³/mol. The molecule has 5 nitrogen and oxygen atoms in total. The molecule has 0 aliphatic carbocycles. The number of amides is 1. The van der Waals surface area contributed by atoms with E-state index in [2.05, 4.69) is 5.32 Å². The summed E-state index contributed by atoms with van der Waals surface area (Å²) in [7, 11) is 1.62. The number of nitrogens with one attached hydrogen (secondary N) is 1. The lowest BCUT2D eigenvalue weighted by Gasteiger charge is -2.03. The molecule has 142 valence electrons. The SMILES string of the molecule is COc1ccc(-c2nc(/C=C3/C(=O)Nc4ccc(F)cc43)c3ccccn23)cc1. The van der Waals surface area contributed by atoms with Crippen molar-refractivity contribution in [3.8, 4) is 17.1 Å². The van der Waals surface area contributed by atoms with Crippen LogP contribution in [0.1, 0.15) is 11.3 Å². The van der Waals surface area contributed by atoms with E-state index in [1.807, 2.05) is 53.1 Å². The molecular formula is C23H16FN3O2. The second-order valence-corrected chi connectivity index (χ2v) is 6.71. The summed E-state index contributed by atoms with van der Waals surface area (Å²) in [6, 6.07) is 17.7. The number of halogens is 1. The second kappa shape index (κ2) is 6.60. The molecule has 1 aliphatic rings. The summed E-state index contributed by atoms with van der Waals surface area (Å²) < 4.78 is 20.9. The van der Waals surface area contributed by atoms with Gasteiger partial charge in [-0.25, -0.2) is 9.37 Å². The minimum atomic E-state index is -0.389. The minimum absolute atomic E-state index is 0.270. The Bertz CT molecular complexity index is 1290. The number of methoxy groups -OCH3 is 1. The molecule has 0 saturated carbocycles. The molecule has 6 heteroatoms. The molecule has 1 aliphatic heterocycles. The van der Waals surface area contributed by atoms with E-state index in [1.165, 1.54) is 12.1 Å². The predicted octanol–water partition coefficient (Wildman–Crippen LogP) is 4.64. The highest BCUT2D eigenvalue weighted by Gasteiger charge is 2.25. The van der Waals surface area contributed by atoms with Crippen LogP contribution in [0, 0.1) is 5.82 Å². The summed E-state index contributed by atoms with van der Waals surface area (Å²) >= 11 is 0. The Balaban J connectivity index is 1.68. The molecule has 0 spiro atoms. The first-order chi connectivity index (χ1) is 14.1. The topological polar surface area (TPSA) is 55.6 Å². The molecule has 0 unspecified atom stereocenters. The largest absolute Gasteiger partial charge is 0.497 e. The second-order valence-electron chi connectivity index (χ2n) is 6.71. The average molecular weight is 385 g/mol. The number of carbonyl (C=O) groups is 1. The molecular weight excluding hydrogens is 369 g/mol. The van der Waals surface area contributed by atoms with Gasteiger partial charge in [0.25, 0.3) is 5.91 Å². The van der Waals surface area contributed by atoms with E-state index in [-0.39, 0.29) is 11.7 Å². The third-order valence-electron chi connectivity index (χ3n) is 4.97. The van der Waals surface area contributed by atoms with Crippen LogP contribution in [0.4, 0.5) is 10.1 Å². The van der Waals surface area contributed by atoms with Gasteiger partial charge in [0.15, 0.2) is 0 Å². The third-order valence-corrected chi connectivity index (χ3v) is 4.97. The van der Waals surface area contributed by atoms with Gasteiger partial charge in [-0.3, -0.25) is 9.20 Å². The maximum absolute atomic E-state index is 13.7. The Kier molecular flexibility index (Phi) is 3.91. The molecule has 29 heavy (non-hydrogen) atoms. The first kappa shape index (κ1) is 17.2. The van der Waals surface area contributed by atoms with Gasteiger partial charge in [0.05, 0.1) is 23.9 Å². The van der Waals surface area contributed by atoms with Crippen LogP contribution in [-0.2, 0) is 4.79 Å². The van der Waals surface area contributed by atoms with Crippen molar-refractivity contribution in [2.75, 3.05) is 12.4 Å². The maximum atomic E-state index is 13.7. The summed E-state index contributed by atoms with van der Waals surface area (Å²) in [5.41, 5.74) is 3.94. The van der Waals surface area contributed by atoms with Gasteiger partial charge in [-0.2, -0.15) is 0 Å². The molecule has 0 fully saturated rings. The van der Waals surface area contributed by atoms with Crippen molar-refractivity contribution in [3.05, 3.63) is 83.9 Å². The van der Waals surface area contributed by atoms with Crippen LogP contribution >= 0.6 is 0 Å². The number of fused-ring (bicyclic) bond motifs is 2. The maximum Gasteiger partial charge on any atom is 0.256 e. The molecule has 0 saturated heterocycles. The normalized spacial score (nSPS) is 14.3. The van der Waals surface area contributed by atoms with Gasteiger partial charge in [0.2, 0.25) is 0 Å². The van der Waals surface area contributed by atoms with Crippen molar-refractivity contribution in [2.45, 2.75) is 0 Å². The van der Waals surface area contributed by atoms with E-state index in [0.29, 0.717) is 22.5 Å². The van der Waals surface area contributed by atoms with Crippen LogP contribution < -0.4 is 10.1 Å². The molecule has 1 amide bonds. The van der Waals surface area contributed by atoms with Gasteiger partial charge in [0.1, 0.15) is 17.4 Å². The van der Waals surface area contributed by atoms with E-state index >= 15 is 0 Å². The van der Waals surface area contributed by atoms with Crippen molar-refractivity contribution in [2.24, 2.45) is 0 Å². The fourth-order valence-corrected chi connectivity index (χ4v) is 3.55. The highest BCUT2D eigenvalue weighted by atomic mass is 19.1. The van der Waals surface area contributed by atoms with Crippen LogP contribution in [0.25, 0.3) is 28.6 Å². The van der Waals surface area contributed by atoms with Crippen LogP contribution in [0.5, 0.6) is 5.75 Å². The number of nitrogens with zero attached hydrogens (tertiary/aromatic N) is 2. The highest BCUT2D eigenvalue weighted by Crippen LogP contribution is 2.34. The molecule has 1 N–H and O–H groups in total. The lowest BCUT2D eigenvalue weighted by molar-refractivity contribution is -0.110. The average Bonchev–Trinajstić information content (AvgIpc) is 3.26. The number of imidazole rings is 1. The van der Waals surface area contributed by atoms with Crippen LogP contribution in [0.2, 0.25) is 0 Å². The number of hydrogen-bond donors (Lipinski definition) is 1. The lowest BCUT2D eigenvalue weighted by atomic mass is 10.1. The number of rotatable bonds is 3. The Morgan fingerprint density at radius 3 is 2.72 bits per heavy atom. The van der Waals surface area contributed by atoms with Crippen molar-refractivity contribution >= 4 is 28.8 Å². The number of aromatic nitrogens is 2. The van der Waals surface area contributed by atoms with E-state index in [0.717, 1.165) is 22.7 Å². The van der Waals surface area contributed by atoms with E-state index in [1.54, 1.807) is 19.3 Å². The summed E-state index contributed by atoms with van der Waals surface area (Å²) in [6.45, 7) is 0. The summed E-state index contributed by atoms with van der Waals surface area (Å²) in [5.74, 6) is 0.847. The summed E-state index contributed by atoms with van der Waals surface area (Å²) in [5, 5.41) is 2.77. The van der Waals surface area contributed by atoms with Crippen LogP contribution in [-0.4, -0.2) is 22.4 Å². The Morgan fingerprint density at radius 1 is 1.10 bits per heavy atom. The van der Waals surface area contributed by atoms with E-state index in [4.69, 9.17) is 9.72 Å². The quantitative estimate of drug-likeness (QED) is 0.523. The number of anilines is 1. The number of carbonyl (C=O) groups excluding carboxylic acids is 1. The van der Waals surface area contributed by atoms with Crippen LogP contribution in [0.15, 0.2) is 66.9 Å². The zero-order valence-electron chi connectivity index (χ0n) is 15.5. The first-order valence-electron chi connectivity index (χ1n) is 9.08. The van der Waals surface area contributed by atoms with Crippen molar-refractivity contribution in [1.82, 2.24) is 9.38 Å². The Hall–Kier alpha value is -3.93. The molecule has 5 rings (SSSR count). The first-order valence-corrected chi connectivity index (χ1v) is 9.08. The van der Waals surface area contributed by atoms with Gasteiger partial charge in [-0.15, -0.1) is 0 Å². The number of pyridine rings is 1. The third kappa shape index (κ3) is 2.86. The van der Waals surface area contributed by atoms with Crippen molar-refractivity contribution in [1.29, 1.82) is 0 Å². The number of ether oxygens (including phenoxy) is 1. The standard InChI is InChI=1S/C23H16FN3O2/c1-29-16-8-5-14(6-9-16)22-25-20(21-4-2-3-11-27(21)22)13-18-17-12-15(24)7-10-19(17)26-23(18)28/h2-13H,1H3,(H,26,28)/b18-13+. The van der Waals surface area contributed by atoms with Gasteiger partial charge in [0, 0.05) is 23.0 Å². The zero-order valence-corrected chi connectivity index (χ0v) is 15.5. The van der Waals surface area contributed by atoms with Gasteiger partial charge in [-0.1, -0.05) is 6.07 Å². The molecule has 4 aromatic rings. The summed E-state index contributed by atoms with van der Waals surface area (Å²) in [4.78, 5) is 17.3. The molecule has 3 heterocycles. The van der Waals surface area contributed by atoms with E-state index in [9.17, 15) is 9.18 Å². The number of hydrogen-bond acceptors (Lipinski definition) is 3. The monoisotopic (exact) mass is 385 g/mol. The lowest BCUT2D eigenvalue weighted by Crippen LogP contribution is -2.03. The Labute approximate surface area is 166 Å².